The molecule has 1 aliphatic heterocycles. The second kappa shape index (κ2) is 5.28. The lowest BCUT2D eigenvalue weighted by Gasteiger charge is -2.25. The Labute approximate surface area is 116 Å². The summed E-state index contributed by atoms with van der Waals surface area (Å²) in [4.78, 5) is 11.5. The first kappa shape index (κ1) is 14.6. The van der Waals surface area contributed by atoms with Gasteiger partial charge in [0.2, 0.25) is 0 Å². The van der Waals surface area contributed by atoms with E-state index in [1.807, 2.05) is 0 Å². The highest BCUT2D eigenvalue weighted by atomic mass is 19.1. The minimum absolute atomic E-state index is 0.148. The average Bonchev–Trinajstić information content (AvgIpc) is 2.43. The molecule has 1 aromatic rings. The number of aliphatic hydroxyl groups excluding tert-OH is 1. The summed E-state index contributed by atoms with van der Waals surface area (Å²) in [7, 11) is 1.16. The molecule has 6 heteroatoms. The van der Waals surface area contributed by atoms with Crippen LogP contribution in [0, 0.1) is 0 Å². The second-order valence-corrected chi connectivity index (χ2v) is 4.99. The van der Waals surface area contributed by atoms with E-state index in [9.17, 15) is 14.3 Å². The molecule has 0 saturated heterocycles. The van der Waals surface area contributed by atoms with E-state index < -0.39 is 17.7 Å². The van der Waals surface area contributed by atoms with Gasteiger partial charge in [0.25, 0.3) is 0 Å². The minimum Gasteiger partial charge on any atom is -0.486 e. The summed E-state index contributed by atoms with van der Waals surface area (Å²) in [6.07, 6.45) is -1.54. The van der Waals surface area contributed by atoms with Crippen LogP contribution < -0.4 is 9.47 Å². The lowest BCUT2D eigenvalue weighted by molar-refractivity contribution is -0.150. The fraction of sp³-hybridized carbons (Fsp3) is 0.500. The Kier molecular flexibility index (Phi) is 3.85. The Bertz CT molecular complexity index is 521. The number of benzene rings is 1. The Morgan fingerprint density at radius 3 is 2.65 bits per heavy atom. The van der Waals surface area contributed by atoms with Crippen LogP contribution in [0.1, 0.15) is 31.1 Å². The number of hydrogen-bond acceptors (Lipinski definition) is 5. The molecule has 1 aliphatic rings. The molecule has 0 aliphatic carbocycles. The van der Waals surface area contributed by atoms with E-state index in [-0.39, 0.29) is 11.3 Å². The van der Waals surface area contributed by atoms with Crippen LogP contribution >= 0.6 is 0 Å². The summed E-state index contributed by atoms with van der Waals surface area (Å²) in [5.74, 6) is -0.269. The van der Waals surface area contributed by atoms with Crippen molar-refractivity contribution in [2.24, 2.45) is 0 Å². The molecule has 1 atom stereocenters. The molecular weight excluding hydrogens is 267 g/mol. The van der Waals surface area contributed by atoms with E-state index in [0.717, 1.165) is 7.11 Å². The Morgan fingerprint density at radius 2 is 2.05 bits per heavy atom. The molecule has 1 heterocycles. The first-order valence-corrected chi connectivity index (χ1v) is 6.23. The largest absolute Gasteiger partial charge is 0.486 e. The van der Waals surface area contributed by atoms with Gasteiger partial charge in [0.05, 0.1) is 7.11 Å². The van der Waals surface area contributed by atoms with Crippen LogP contribution in [0.25, 0.3) is 0 Å². The van der Waals surface area contributed by atoms with Gasteiger partial charge in [-0.3, -0.25) is 0 Å². The number of methoxy groups -OCH3 is 1. The van der Waals surface area contributed by atoms with Crippen molar-refractivity contribution in [3.63, 3.8) is 0 Å². The van der Waals surface area contributed by atoms with Gasteiger partial charge in [0, 0.05) is 5.56 Å². The van der Waals surface area contributed by atoms with Gasteiger partial charge in [0.15, 0.2) is 17.6 Å². The summed E-state index contributed by atoms with van der Waals surface area (Å²) in [6, 6.07) is 2.91. The molecular formula is C14H17FO5. The molecule has 110 valence electrons. The monoisotopic (exact) mass is 284 g/mol. The summed E-state index contributed by atoms with van der Waals surface area (Å²) in [5, 5.41) is 10.0. The van der Waals surface area contributed by atoms with Crippen LogP contribution in [0.15, 0.2) is 12.1 Å². The van der Waals surface area contributed by atoms with Crippen molar-refractivity contribution >= 4 is 5.97 Å². The first-order valence-electron chi connectivity index (χ1n) is 6.23. The third-order valence-electron chi connectivity index (χ3n) is 3.08. The number of aliphatic hydroxyl groups is 1. The lowest BCUT2D eigenvalue weighted by atomic mass is 9.95. The molecule has 0 saturated carbocycles. The quantitative estimate of drug-likeness (QED) is 0.858. The Hall–Kier alpha value is -1.82. The number of esters is 1. The number of carbonyl (C=O) groups is 1. The molecule has 0 amide bonds. The smallest absolute Gasteiger partial charge is 0.339 e. The molecule has 0 spiro atoms. The minimum atomic E-state index is -1.64. The number of hydrogen-bond donors (Lipinski definition) is 1. The molecule has 1 N–H and O–H groups in total. The lowest BCUT2D eigenvalue weighted by Crippen LogP contribution is -2.22. The number of rotatable bonds is 3. The zero-order valence-electron chi connectivity index (χ0n) is 11.6. The predicted octanol–water partition coefficient (Wildman–Crippen LogP) is 1.87. The van der Waals surface area contributed by atoms with E-state index in [1.165, 1.54) is 26.0 Å². The van der Waals surface area contributed by atoms with Crippen LogP contribution in [0.2, 0.25) is 0 Å². The first-order chi connectivity index (χ1) is 9.34. The molecule has 0 aromatic heterocycles. The summed E-state index contributed by atoms with van der Waals surface area (Å²) >= 11 is 0. The van der Waals surface area contributed by atoms with Gasteiger partial charge in [-0.1, -0.05) is 0 Å². The third kappa shape index (κ3) is 2.70. The highest BCUT2D eigenvalue weighted by Gasteiger charge is 2.30. The zero-order chi connectivity index (χ0) is 14.9. The van der Waals surface area contributed by atoms with Crippen molar-refractivity contribution in [1.29, 1.82) is 0 Å². The standard InChI is InChI=1S/C14H17FO5/c1-14(2,15)8-6-9(11(16)13(17)18-3)12-10(7-8)19-4-5-20-12/h6-7,11,16H,4-5H2,1-3H3. The van der Waals surface area contributed by atoms with Gasteiger partial charge in [-0.15, -0.1) is 0 Å². The van der Waals surface area contributed by atoms with Crippen LogP contribution in [-0.2, 0) is 15.2 Å². The predicted molar refractivity (Wildman–Crippen MR) is 68.5 cm³/mol. The molecule has 0 fully saturated rings. The van der Waals surface area contributed by atoms with Crippen LogP contribution in [0.3, 0.4) is 0 Å². The van der Waals surface area contributed by atoms with E-state index in [1.54, 1.807) is 0 Å². The van der Waals surface area contributed by atoms with Crippen molar-refractivity contribution in [2.45, 2.75) is 25.6 Å². The van der Waals surface area contributed by atoms with Crippen molar-refractivity contribution in [1.82, 2.24) is 0 Å². The molecule has 1 unspecified atom stereocenters. The fourth-order valence-electron chi connectivity index (χ4n) is 1.97. The van der Waals surface area contributed by atoms with Gasteiger partial charge in [-0.2, -0.15) is 0 Å². The van der Waals surface area contributed by atoms with Gasteiger partial charge in [-0.05, 0) is 31.5 Å². The maximum absolute atomic E-state index is 14.1. The van der Waals surface area contributed by atoms with E-state index in [2.05, 4.69) is 4.74 Å². The summed E-state index contributed by atoms with van der Waals surface area (Å²) < 4.78 is 29.5. The van der Waals surface area contributed by atoms with Gasteiger partial charge in [0.1, 0.15) is 18.9 Å². The zero-order valence-corrected chi connectivity index (χ0v) is 11.6. The van der Waals surface area contributed by atoms with Crippen molar-refractivity contribution < 1.29 is 28.5 Å². The fourth-order valence-corrected chi connectivity index (χ4v) is 1.97. The average molecular weight is 284 g/mol. The molecule has 1 aromatic carbocycles. The van der Waals surface area contributed by atoms with Gasteiger partial charge in [-0.25, -0.2) is 9.18 Å². The van der Waals surface area contributed by atoms with Crippen molar-refractivity contribution in [3.8, 4) is 11.5 Å². The van der Waals surface area contributed by atoms with Crippen LogP contribution in [-0.4, -0.2) is 31.4 Å². The number of carbonyl (C=O) groups excluding carboxylic acids is 1. The van der Waals surface area contributed by atoms with E-state index >= 15 is 0 Å². The highest BCUT2D eigenvalue weighted by molar-refractivity contribution is 5.78. The van der Waals surface area contributed by atoms with E-state index in [4.69, 9.17) is 9.47 Å². The molecule has 2 rings (SSSR count). The highest BCUT2D eigenvalue weighted by Crippen LogP contribution is 2.41. The maximum atomic E-state index is 14.1. The van der Waals surface area contributed by atoms with Crippen LogP contribution in [0.4, 0.5) is 4.39 Å². The number of alkyl halides is 1. The maximum Gasteiger partial charge on any atom is 0.339 e. The Morgan fingerprint density at radius 1 is 1.40 bits per heavy atom. The number of ether oxygens (including phenoxy) is 3. The topological polar surface area (TPSA) is 65.0 Å². The summed E-state index contributed by atoms with van der Waals surface area (Å²) in [5.41, 5.74) is -1.20. The third-order valence-corrected chi connectivity index (χ3v) is 3.08. The van der Waals surface area contributed by atoms with Crippen molar-refractivity contribution in [3.05, 3.63) is 23.3 Å². The molecule has 0 bridgehead atoms. The second-order valence-electron chi connectivity index (χ2n) is 4.99. The number of halogens is 1. The van der Waals surface area contributed by atoms with Gasteiger partial charge < -0.3 is 19.3 Å². The number of fused-ring (bicyclic) bond motifs is 1. The van der Waals surface area contributed by atoms with Crippen LogP contribution in [0.5, 0.6) is 11.5 Å². The molecule has 0 radical (unpaired) electrons. The van der Waals surface area contributed by atoms with Crippen molar-refractivity contribution in [2.75, 3.05) is 20.3 Å². The van der Waals surface area contributed by atoms with E-state index in [0.29, 0.717) is 24.5 Å². The summed E-state index contributed by atoms with van der Waals surface area (Å²) in [6.45, 7) is 3.39. The molecule has 5 nitrogen and oxygen atoms in total. The normalized spacial score (nSPS) is 15.7. The SMILES string of the molecule is COC(=O)C(O)c1cc(C(C)(C)F)cc2c1OCCO2. The van der Waals surface area contributed by atoms with Gasteiger partial charge >= 0.3 is 5.97 Å². The Balaban J connectivity index is 2.55. The molecule has 20 heavy (non-hydrogen) atoms.